The highest BCUT2D eigenvalue weighted by molar-refractivity contribution is 5.77. The number of likely N-dealkylation sites (tertiary alicyclic amines) is 1. The summed E-state index contributed by atoms with van der Waals surface area (Å²) in [6.45, 7) is 5.85. The molecule has 8 nitrogen and oxygen atoms in total. The van der Waals surface area contributed by atoms with Crippen molar-refractivity contribution in [3.63, 3.8) is 0 Å². The summed E-state index contributed by atoms with van der Waals surface area (Å²) in [5.41, 5.74) is 2.43. The van der Waals surface area contributed by atoms with Gasteiger partial charge in [0.1, 0.15) is 17.0 Å². The fourth-order valence-electron chi connectivity index (χ4n) is 4.06. The highest BCUT2D eigenvalue weighted by Crippen LogP contribution is 2.33. The van der Waals surface area contributed by atoms with Gasteiger partial charge in [-0.05, 0) is 32.9 Å². The van der Waals surface area contributed by atoms with Gasteiger partial charge in [0.25, 0.3) is 5.89 Å². The Kier molecular flexibility index (Phi) is 5.13. The van der Waals surface area contributed by atoms with Crippen molar-refractivity contribution in [2.75, 3.05) is 26.3 Å². The molecule has 1 aromatic carbocycles. The first-order valence-corrected chi connectivity index (χ1v) is 10.1. The Morgan fingerprint density at radius 2 is 1.79 bits per heavy atom. The Bertz CT molecular complexity index is 941. The van der Waals surface area contributed by atoms with E-state index in [9.17, 15) is 0 Å². The molecule has 0 atom stereocenters. The van der Waals surface area contributed by atoms with Crippen LogP contribution < -0.4 is 0 Å². The molecular formula is C21H24N4O4. The second kappa shape index (κ2) is 8.06. The molecule has 3 aromatic rings. The van der Waals surface area contributed by atoms with E-state index in [2.05, 4.69) is 20.3 Å². The Morgan fingerprint density at radius 1 is 1.03 bits per heavy atom. The van der Waals surface area contributed by atoms with Crippen molar-refractivity contribution in [2.24, 2.45) is 5.92 Å². The van der Waals surface area contributed by atoms with Crippen LogP contribution in [0.3, 0.4) is 0 Å². The summed E-state index contributed by atoms with van der Waals surface area (Å²) in [4.78, 5) is 2.33. The molecule has 0 radical (unpaired) electrons. The first kappa shape index (κ1) is 18.5. The number of hydrogen-bond acceptors (Lipinski definition) is 8. The minimum absolute atomic E-state index is 0.0277. The zero-order chi connectivity index (χ0) is 19.6. The van der Waals surface area contributed by atoms with Crippen LogP contribution in [-0.2, 0) is 16.0 Å². The Morgan fingerprint density at radius 3 is 2.55 bits per heavy atom. The van der Waals surface area contributed by atoms with Crippen LogP contribution in [0, 0.1) is 12.8 Å². The van der Waals surface area contributed by atoms with Crippen LogP contribution in [0.15, 0.2) is 39.3 Å². The predicted octanol–water partition coefficient (Wildman–Crippen LogP) is 3.28. The molecule has 0 amide bonds. The van der Waals surface area contributed by atoms with Crippen LogP contribution in [0.25, 0.3) is 22.7 Å². The van der Waals surface area contributed by atoms with Gasteiger partial charge >= 0.3 is 0 Å². The lowest BCUT2D eigenvalue weighted by atomic mass is 9.96. The topological polar surface area (TPSA) is 86.7 Å². The van der Waals surface area contributed by atoms with E-state index in [1.165, 1.54) is 0 Å². The highest BCUT2D eigenvalue weighted by Gasteiger charge is 2.31. The maximum atomic E-state index is 5.99. The van der Waals surface area contributed by atoms with E-state index in [1.807, 2.05) is 37.3 Å². The number of aromatic nitrogens is 3. The lowest BCUT2D eigenvalue weighted by Gasteiger charge is -2.32. The fourth-order valence-corrected chi connectivity index (χ4v) is 4.06. The van der Waals surface area contributed by atoms with E-state index in [-0.39, 0.29) is 6.29 Å². The normalized spacial score (nSPS) is 19.2. The van der Waals surface area contributed by atoms with Gasteiger partial charge in [-0.15, -0.1) is 10.2 Å². The first-order valence-electron chi connectivity index (χ1n) is 10.1. The summed E-state index contributed by atoms with van der Waals surface area (Å²) in [5, 5.41) is 12.7. The Balaban J connectivity index is 1.27. The number of nitrogens with zero attached hydrogens (tertiary/aromatic N) is 4. The Hall–Kier alpha value is -2.55. The summed E-state index contributed by atoms with van der Waals surface area (Å²) in [5.74, 6) is 2.18. The summed E-state index contributed by atoms with van der Waals surface area (Å²) < 4.78 is 22.7. The number of hydrogen-bond donors (Lipinski definition) is 0. The second-order valence-corrected chi connectivity index (χ2v) is 7.55. The third-order valence-electron chi connectivity index (χ3n) is 5.61. The molecule has 152 valence electrons. The molecule has 0 aliphatic carbocycles. The SMILES string of the molecule is Cc1onc(-c2ccccc2)c1-c1nnc(CN2CCC(C3OCCO3)CC2)o1. The van der Waals surface area contributed by atoms with Crippen molar-refractivity contribution >= 4 is 0 Å². The van der Waals surface area contributed by atoms with Crippen molar-refractivity contribution in [1.82, 2.24) is 20.3 Å². The Labute approximate surface area is 168 Å². The third-order valence-corrected chi connectivity index (χ3v) is 5.61. The van der Waals surface area contributed by atoms with Crippen molar-refractivity contribution in [2.45, 2.75) is 32.6 Å². The molecule has 0 N–H and O–H groups in total. The second-order valence-electron chi connectivity index (χ2n) is 7.55. The molecule has 8 heteroatoms. The molecule has 29 heavy (non-hydrogen) atoms. The monoisotopic (exact) mass is 396 g/mol. The number of rotatable bonds is 5. The van der Waals surface area contributed by atoms with Crippen LogP contribution in [0.2, 0.25) is 0 Å². The zero-order valence-corrected chi connectivity index (χ0v) is 16.4. The molecular weight excluding hydrogens is 372 g/mol. The maximum Gasteiger partial charge on any atom is 0.253 e. The van der Waals surface area contributed by atoms with E-state index in [0.29, 0.717) is 43.2 Å². The molecule has 0 unspecified atom stereocenters. The lowest BCUT2D eigenvalue weighted by Crippen LogP contribution is -2.37. The van der Waals surface area contributed by atoms with Gasteiger partial charge in [-0.2, -0.15) is 0 Å². The summed E-state index contributed by atoms with van der Waals surface area (Å²) in [7, 11) is 0. The average Bonchev–Trinajstić information content (AvgIpc) is 3.50. The van der Waals surface area contributed by atoms with Gasteiger partial charge in [-0.1, -0.05) is 35.5 Å². The molecule has 2 aromatic heterocycles. The summed E-state index contributed by atoms with van der Waals surface area (Å²) in [6.07, 6.45) is 2.07. The van der Waals surface area contributed by atoms with Gasteiger partial charge in [-0.3, -0.25) is 4.90 Å². The van der Waals surface area contributed by atoms with Gasteiger partial charge < -0.3 is 18.4 Å². The van der Waals surface area contributed by atoms with Crippen LogP contribution in [0.4, 0.5) is 0 Å². The van der Waals surface area contributed by atoms with Crippen LogP contribution in [-0.4, -0.2) is 52.8 Å². The highest BCUT2D eigenvalue weighted by atomic mass is 16.7. The smallest absolute Gasteiger partial charge is 0.253 e. The van der Waals surface area contributed by atoms with E-state index < -0.39 is 0 Å². The zero-order valence-electron chi connectivity index (χ0n) is 16.4. The largest absolute Gasteiger partial charge is 0.419 e. The molecule has 5 rings (SSSR count). The van der Waals surface area contributed by atoms with Crippen molar-refractivity contribution in [3.8, 4) is 22.7 Å². The first-order chi connectivity index (χ1) is 14.3. The molecule has 0 bridgehead atoms. The lowest BCUT2D eigenvalue weighted by molar-refractivity contribution is -0.0980. The number of piperidine rings is 1. The molecule has 2 saturated heterocycles. The van der Waals surface area contributed by atoms with Gasteiger partial charge in [-0.25, -0.2) is 0 Å². The van der Waals surface area contributed by atoms with Crippen LogP contribution >= 0.6 is 0 Å². The summed E-state index contributed by atoms with van der Waals surface area (Å²) >= 11 is 0. The fraction of sp³-hybridized carbons (Fsp3) is 0.476. The molecule has 4 heterocycles. The van der Waals surface area contributed by atoms with Gasteiger partial charge in [0.05, 0.1) is 19.8 Å². The van der Waals surface area contributed by atoms with Crippen molar-refractivity contribution < 1.29 is 18.4 Å². The van der Waals surface area contributed by atoms with Gasteiger partial charge in [0.15, 0.2) is 6.29 Å². The third kappa shape index (κ3) is 3.83. The standard InChI is InChI=1S/C21H24N4O4/c1-14-18(19(24-29-14)15-5-3-2-4-6-15)20-23-22-17(28-20)13-25-9-7-16(8-10-25)21-26-11-12-27-21/h2-6,16,21H,7-13H2,1H3. The molecule has 0 spiro atoms. The van der Waals surface area contributed by atoms with Gasteiger partial charge in [0, 0.05) is 11.5 Å². The molecule has 0 saturated carbocycles. The summed E-state index contributed by atoms with van der Waals surface area (Å²) in [6, 6.07) is 9.87. The number of ether oxygens (including phenoxy) is 2. The quantitative estimate of drug-likeness (QED) is 0.649. The molecule has 2 fully saturated rings. The van der Waals surface area contributed by atoms with Crippen molar-refractivity contribution in [3.05, 3.63) is 42.0 Å². The van der Waals surface area contributed by atoms with E-state index in [4.69, 9.17) is 18.4 Å². The van der Waals surface area contributed by atoms with E-state index in [0.717, 1.165) is 42.8 Å². The maximum absolute atomic E-state index is 5.99. The van der Waals surface area contributed by atoms with Crippen LogP contribution in [0.5, 0.6) is 0 Å². The van der Waals surface area contributed by atoms with Crippen LogP contribution in [0.1, 0.15) is 24.5 Å². The minimum Gasteiger partial charge on any atom is -0.419 e. The van der Waals surface area contributed by atoms with Crippen molar-refractivity contribution in [1.29, 1.82) is 0 Å². The molecule has 2 aliphatic rings. The average molecular weight is 396 g/mol. The van der Waals surface area contributed by atoms with Gasteiger partial charge in [0.2, 0.25) is 5.89 Å². The van der Waals surface area contributed by atoms with E-state index >= 15 is 0 Å². The predicted molar refractivity (Wildman–Crippen MR) is 104 cm³/mol. The number of benzene rings is 1. The minimum atomic E-state index is -0.0277. The number of aryl methyl sites for hydroxylation is 1. The molecule has 2 aliphatic heterocycles. The van der Waals surface area contributed by atoms with E-state index in [1.54, 1.807) is 0 Å².